The van der Waals surface area contributed by atoms with Crippen LogP contribution in [0, 0.1) is 0 Å². The van der Waals surface area contributed by atoms with Crippen molar-refractivity contribution >= 4 is 5.97 Å². The van der Waals surface area contributed by atoms with Crippen LogP contribution in [0.5, 0.6) is 11.5 Å². The predicted molar refractivity (Wildman–Crippen MR) is 89.1 cm³/mol. The Morgan fingerprint density at radius 2 is 1.78 bits per heavy atom. The average Bonchev–Trinajstić information content (AvgIpc) is 2.60. The average molecular weight is 314 g/mol. The van der Waals surface area contributed by atoms with Gasteiger partial charge in [-0.25, -0.2) is 0 Å². The Labute approximate surface area is 137 Å². The third kappa shape index (κ3) is 4.25. The molecular formula is C19H22O4. The Hall–Kier alpha value is -2.49. The smallest absolute Gasteiger partial charge is 0.306 e. The second-order valence-corrected chi connectivity index (χ2v) is 5.08. The minimum absolute atomic E-state index is 0.129. The van der Waals surface area contributed by atoms with E-state index < -0.39 is 0 Å². The number of ether oxygens (including phenoxy) is 3. The lowest BCUT2D eigenvalue weighted by Crippen LogP contribution is -2.12. The molecule has 0 fully saturated rings. The molecule has 4 nitrogen and oxygen atoms in total. The van der Waals surface area contributed by atoms with E-state index in [1.165, 1.54) is 0 Å². The van der Waals surface area contributed by atoms with Crippen LogP contribution < -0.4 is 9.47 Å². The van der Waals surface area contributed by atoms with Crippen molar-refractivity contribution in [1.29, 1.82) is 0 Å². The van der Waals surface area contributed by atoms with Crippen molar-refractivity contribution in [3.8, 4) is 11.5 Å². The molecular weight excluding hydrogens is 292 g/mol. The van der Waals surface area contributed by atoms with Gasteiger partial charge in [0.2, 0.25) is 0 Å². The van der Waals surface area contributed by atoms with Crippen molar-refractivity contribution in [3.05, 3.63) is 59.7 Å². The number of carbonyl (C=O) groups is 1. The van der Waals surface area contributed by atoms with Gasteiger partial charge in [-0.3, -0.25) is 4.79 Å². The molecule has 0 heterocycles. The Balaban J connectivity index is 2.43. The maximum Gasteiger partial charge on any atom is 0.306 e. The van der Waals surface area contributed by atoms with Crippen molar-refractivity contribution in [1.82, 2.24) is 0 Å². The van der Waals surface area contributed by atoms with Crippen molar-refractivity contribution < 1.29 is 19.0 Å². The van der Waals surface area contributed by atoms with Crippen LogP contribution in [0.25, 0.3) is 0 Å². The van der Waals surface area contributed by atoms with E-state index in [2.05, 4.69) is 0 Å². The molecule has 1 atom stereocenters. The van der Waals surface area contributed by atoms with E-state index in [9.17, 15) is 4.79 Å². The Bertz CT molecular complexity index is 637. The molecule has 0 saturated heterocycles. The summed E-state index contributed by atoms with van der Waals surface area (Å²) < 4.78 is 15.9. The zero-order valence-electron chi connectivity index (χ0n) is 13.7. The Kier molecular flexibility index (Phi) is 6.03. The van der Waals surface area contributed by atoms with Gasteiger partial charge in [0.15, 0.2) is 0 Å². The molecule has 0 N–H and O–H groups in total. The van der Waals surface area contributed by atoms with Crippen molar-refractivity contribution in [2.75, 3.05) is 20.8 Å². The van der Waals surface area contributed by atoms with Crippen LogP contribution in [0.3, 0.4) is 0 Å². The second-order valence-electron chi connectivity index (χ2n) is 5.08. The van der Waals surface area contributed by atoms with Crippen LogP contribution >= 0.6 is 0 Å². The molecule has 0 spiro atoms. The van der Waals surface area contributed by atoms with E-state index in [1.54, 1.807) is 14.2 Å². The monoisotopic (exact) mass is 314 g/mol. The van der Waals surface area contributed by atoms with Crippen LogP contribution in [0.4, 0.5) is 0 Å². The number of carbonyl (C=O) groups excluding carboxylic acids is 1. The number of hydrogen-bond donors (Lipinski definition) is 0. The summed E-state index contributed by atoms with van der Waals surface area (Å²) in [6.07, 6.45) is 0.264. The fraction of sp³-hybridized carbons (Fsp3) is 0.316. The molecule has 0 aliphatic rings. The molecule has 0 bridgehead atoms. The molecule has 23 heavy (non-hydrogen) atoms. The maximum absolute atomic E-state index is 12.0. The molecule has 4 heteroatoms. The minimum Gasteiger partial charge on any atom is -0.497 e. The van der Waals surface area contributed by atoms with Gasteiger partial charge in [-0.2, -0.15) is 0 Å². The highest BCUT2D eigenvalue weighted by molar-refractivity contribution is 5.72. The van der Waals surface area contributed by atoms with Gasteiger partial charge in [0.1, 0.15) is 11.5 Å². The number of methoxy groups -OCH3 is 2. The van der Waals surface area contributed by atoms with E-state index in [-0.39, 0.29) is 18.3 Å². The summed E-state index contributed by atoms with van der Waals surface area (Å²) in [6, 6.07) is 15.5. The molecule has 2 rings (SSSR count). The third-order valence-corrected chi connectivity index (χ3v) is 3.69. The maximum atomic E-state index is 12.0. The van der Waals surface area contributed by atoms with E-state index in [4.69, 9.17) is 14.2 Å². The van der Waals surface area contributed by atoms with Gasteiger partial charge in [-0.15, -0.1) is 0 Å². The lowest BCUT2D eigenvalue weighted by Gasteiger charge is -2.20. The largest absolute Gasteiger partial charge is 0.497 e. The summed E-state index contributed by atoms with van der Waals surface area (Å²) in [7, 11) is 3.23. The molecule has 2 aromatic carbocycles. The topological polar surface area (TPSA) is 44.8 Å². The molecule has 0 radical (unpaired) electrons. The first-order chi connectivity index (χ1) is 11.2. The highest BCUT2D eigenvalue weighted by Crippen LogP contribution is 2.36. The lowest BCUT2D eigenvalue weighted by molar-refractivity contribution is -0.143. The summed E-state index contributed by atoms with van der Waals surface area (Å²) in [4.78, 5) is 12.0. The number of rotatable bonds is 7. The molecule has 0 aliphatic carbocycles. The van der Waals surface area contributed by atoms with Gasteiger partial charge in [-0.05, 0) is 18.6 Å². The number of esters is 1. The Morgan fingerprint density at radius 3 is 2.39 bits per heavy atom. The van der Waals surface area contributed by atoms with Crippen molar-refractivity contribution in [3.63, 3.8) is 0 Å². The van der Waals surface area contributed by atoms with Gasteiger partial charge in [0.25, 0.3) is 0 Å². The standard InChI is InChI=1S/C19H22O4/c1-4-23-19(20)13-17(14-8-6-5-7-9-14)16-11-10-15(21-2)12-18(16)22-3/h5-12,17H,4,13H2,1-3H3. The van der Waals surface area contributed by atoms with Gasteiger partial charge in [-0.1, -0.05) is 36.4 Å². The summed E-state index contributed by atoms with van der Waals surface area (Å²) in [6.45, 7) is 2.18. The molecule has 0 aromatic heterocycles. The zero-order valence-corrected chi connectivity index (χ0v) is 13.7. The van der Waals surface area contributed by atoms with Gasteiger partial charge in [0, 0.05) is 17.5 Å². The SMILES string of the molecule is CCOC(=O)CC(c1ccccc1)c1ccc(OC)cc1OC. The summed E-state index contributed by atoms with van der Waals surface area (Å²) in [5.41, 5.74) is 1.98. The fourth-order valence-corrected chi connectivity index (χ4v) is 2.59. The Morgan fingerprint density at radius 1 is 1.04 bits per heavy atom. The van der Waals surface area contributed by atoms with Crippen molar-refractivity contribution in [2.45, 2.75) is 19.3 Å². The van der Waals surface area contributed by atoms with Crippen molar-refractivity contribution in [2.24, 2.45) is 0 Å². The first-order valence-electron chi connectivity index (χ1n) is 7.62. The van der Waals surface area contributed by atoms with E-state index in [0.717, 1.165) is 11.1 Å². The normalized spacial score (nSPS) is 11.6. The molecule has 122 valence electrons. The van der Waals surface area contributed by atoms with Crippen LogP contribution in [0.15, 0.2) is 48.5 Å². The van der Waals surface area contributed by atoms with Crippen LogP contribution in [0.1, 0.15) is 30.4 Å². The summed E-state index contributed by atoms with van der Waals surface area (Å²) in [5.74, 6) is 1.06. The fourth-order valence-electron chi connectivity index (χ4n) is 2.59. The molecule has 1 unspecified atom stereocenters. The third-order valence-electron chi connectivity index (χ3n) is 3.69. The summed E-state index contributed by atoms with van der Waals surface area (Å²) in [5, 5.41) is 0. The summed E-state index contributed by atoms with van der Waals surface area (Å²) >= 11 is 0. The molecule has 0 aliphatic heterocycles. The van der Waals surface area contributed by atoms with Crippen LogP contribution in [-0.2, 0) is 9.53 Å². The first kappa shape index (κ1) is 16.9. The van der Waals surface area contributed by atoms with Gasteiger partial charge in [0.05, 0.1) is 27.2 Å². The molecule has 2 aromatic rings. The minimum atomic E-state index is -0.223. The first-order valence-corrected chi connectivity index (χ1v) is 7.62. The quantitative estimate of drug-likeness (QED) is 0.729. The highest BCUT2D eigenvalue weighted by Gasteiger charge is 2.22. The lowest BCUT2D eigenvalue weighted by atomic mass is 9.88. The molecule has 0 saturated carbocycles. The van der Waals surface area contributed by atoms with E-state index in [1.807, 2.05) is 55.5 Å². The van der Waals surface area contributed by atoms with Crippen LogP contribution in [0.2, 0.25) is 0 Å². The predicted octanol–water partition coefficient (Wildman–Crippen LogP) is 3.79. The number of hydrogen-bond acceptors (Lipinski definition) is 4. The van der Waals surface area contributed by atoms with Gasteiger partial charge >= 0.3 is 5.97 Å². The van der Waals surface area contributed by atoms with Crippen LogP contribution in [-0.4, -0.2) is 26.8 Å². The highest BCUT2D eigenvalue weighted by atomic mass is 16.5. The van der Waals surface area contributed by atoms with E-state index in [0.29, 0.717) is 18.1 Å². The van der Waals surface area contributed by atoms with E-state index >= 15 is 0 Å². The molecule has 0 amide bonds. The number of benzene rings is 2. The zero-order chi connectivity index (χ0) is 16.7. The second kappa shape index (κ2) is 8.22. The van der Waals surface area contributed by atoms with Gasteiger partial charge < -0.3 is 14.2 Å².